The van der Waals surface area contributed by atoms with E-state index in [-0.39, 0.29) is 23.0 Å². The first-order chi connectivity index (χ1) is 14.0. The molecule has 3 aromatic rings. The van der Waals surface area contributed by atoms with Crippen LogP contribution >= 0.6 is 11.6 Å². The first kappa shape index (κ1) is 20.2. The molecule has 3 rings (SSSR count). The molecule has 148 valence electrons. The Kier molecular flexibility index (Phi) is 6.65. The summed E-state index contributed by atoms with van der Waals surface area (Å²) in [5.41, 5.74) is 0.269. The molecule has 0 atom stereocenters. The van der Waals surface area contributed by atoms with Crippen LogP contribution in [0.4, 0.5) is 11.4 Å². The van der Waals surface area contributed by atoms with Gasteiger partial charge in [0.25, 0.3) is 11.6 Å². The van der Waals surface area contributed by atoms with Crippen LogP contribution in [-0.2, 0) is 0 Å². The Morgan fingerprint density at radius 1 is 0.966 bits per heavy atom. The van der Waals surface area contributed by atoms with Gasteiger partial charge in [0.2, 0.25) is 0 Å². The highest BCUT2D eigenvalue weighted by molar-refractivity contribution is 6.32. The van der Waals surface area contributed by atoms with Crippen LogP contribution in [0.1, 0.15) is 10.4 Å². The van der Waals surface area contributed by atoms with E-state index in [1.165, 1.54) is 18.2 Å². The smallest absolute Gasteiger partial charge is 0.289 e. The zero-order chi connectivity index (χ0) is 20.6. The van der Waals surface area contributed by atoms with E-state index in [0.29, 0.717) is 17.9 Å². The van der Waals surface area contributed by atoms with Gasteiger partial charge in [-0.05, 0) is 36.4 Å². The molecule has 0 bridgehead atoms. The molecule has 0 heterocycles. The molecule has 0 aliphatic heterocycles. The zero-order valence-electron chi connectivity index (χ0n) is 15.2. The van der Waals surface area contributed by atoms with Gasteiger partial charge in [-0.1, -0.05) is 41.9 Å². The van der Waals surface area contributed by atoms with Gasteiger partial charge < -0.3 is 14.8 Å². The second kappa shape index (κ2) is 9.57. The Morgan fingerprint density at radius 3 is 2.41 bits per heavy atom. The van der Waals surface area contributed by atoms with Crippen molar-refractivity contribution in [1.29, 1.82) is 0 Å². The predicted octanol–water partition coefficient (Wildman–Crippen LogP) is 4.96. The van der Waals surface area contributed by atoms with E-state index in [1.807, 2.05) is 30.3 Å². The van der Waals surface area contributed by atoms with E-state index in [2.05, 4.69) is 5.32 Å². The number of hydrogen-bond donors (Lipinski definition) is 1. The maximum atomic E-state index is 12.6. The summed E-state index contributed by atoms with van der Waals surface area (Å²) in [6.45, 7) is 0.551. The molecular weight excluding hydrogens is 396 g/mol. The van der Waals surface area contributed by atoms with Crippen molar-refractivity contribution in [3.8, 4) is 11.5 Å². The minimum atomic E-state index is -0.609. The third-order valence-electron chi connectivity index (χ3n) is 3.89. The van der Waals surface area contributed by atoms with E-state index in [9.17, 15) is 14.9 Å². The van der Waals surface area contributed by atoms with Crippen LogP contribution in [0.5, 0.6) is 11.5 Å². The third-order valence-corrected chi connectivity index (χ3v) is 4.20. The molecule has 0 saturated carbocycles. The van der Waals surface area contributed by atoms with Crippen molar-refractivity contribution in [2.75, 3.05) is 18.5 Å². The number of para-hydroxylation sites is 2. The summed E-state index contributed by atoms with van der Waals surface area (Å²) in [6.07, 6.45) is 0. The lowest BCUT2D eigenvalue weighted by molar-refractivity contribution is -0.384. The van der Waals surface area contributed by atoms with E-state index in [0.717, 1.165) is 5.75 Å². The van der Waals surface area contributed by atoms with Crippen molar-refractivity contribution in [2.24, 2.45) is 0 Å². The second-order valence-corrected chi connectivity index (χ2v) is 6.29. The molecule has 0 radical (unpaired) electrons. The summed E-state index contributed by atoms with van der Waals surface area (Å²) < 4.78 is 11.3. The zero-order valence-corrected chi connectivity index (χ0v) is 16.0. The fraction of sp³-hybridized carbons (Fsp3) is 0.0952. The summed E-state index contributed by atoms with van der Waals surface area (Å²) in [6, 6.07) is 20.1. The number of halogens is 1. The van der Waals surface area contributed by atoms with E-state index >= 15 is 0 Å². The number of hydrogen-bond acceptors (Lipinski definition) is 5. The first-order valence-corrected chi connectivity index (χ1v) is 9.07. The monoisotopic (exact) mass is 412 g/mol. The number of nitrogens with zero attached hydrogens (tertiary/aromatic N) is 1. The fourth-order valence-corrected chi connectivity index (χ4v) is 2.72. The largest absolute Gasteiger partial charge is 0.490 e. The van der Waals surface area contributed by atoms with Crippen LogP contribution in [-0.4, -0.2) is 24.0 Å². The van der Waals surface area contributed by atoms with Crippen molar-refractivity contribution in [3.63, 3.8) is 0 Å². The highest BCUT2D eigenvalue weighted by Gasteiger charge is 2.16. The van der Waals surface area contributed by atoms with Crippen LogP contribution in [0.25, 0.3) is 0 Å². The van der Waals surface area contributed by atoms with E-state index in [4.69, 9.17) is 21.1 Å². The normalized spacial score (nSPS) is 10.2. The topological polar surface area (TPSA) is 90.7 Å². The van der Waals surface area contributed by atoms with Crippen molar-refractivity contribution in [2.45, 2.75) is 0 Å². The van der Waals surface area contributed by atoms with Gasteiger partial charge in [-0.3, -0.25) is 14.9 Å². The molecule has 0 unspecified atom stereocenters. The predicted molar refractivity (Wildman–Crippen MR) is 110 cm³/mol. The van der Waals surface area contributed by atoms with Crippen molar-refractivity contribution in [1.82, 2.24) is 0 Å². The molecule has 0 aromatic heterocycles. The molecule has 0 saturated heterocycles. The van der Waals surface area contributed by atoms with Crippen LogP contribution in [0.2, 0.25) is 5.02 Å². The van der Waals surface area contributed by atoms with E-state index < -0.39 is 10.8 Å². The molecule has 8 heteroatoms. The molecule has 0 aliphatic carbocycles. The quantitative estimate of drug-likeness (QED) is 0.321. The number of carbonyl (C=O) groups excluding carboxylic acids is 1. The average Bonchev–Trinajstić information content (AvgIpc) is 2.73. The summed E-state index contributed by atoms with van der Waals surface area (Å²) >= 11 is 5.80. The third kappa shape index (κ3) is 5.46. The summed E-state index contributed by atoms with van der Waals surface area (Å²) in [5.74, 6) is 0.651. The second-order valence-electron chi connectivity index (χ2n) is 5.88. The highest BCUT2D eigenvalue weighted by atomic mass is 35.5. The molecule has 1 N–H and O–H groups in total. The van der Waals surface area contributed by atoms with Crippen LogP contribution in [0.3, 0.4) is 0 Å². The van der Waals surface area contributed by atoms with Crippen molar-refractivity contribution < 1.29 is 19.2 Å². The summed E-state index contributed by atoms with van der Waals surface area (Å²) in [7, 11) is 0. The molecule has 3 aromatic carbocycles. The average molecular weight is 413 g/mol. The Balaban J connectivity index is 1.64. The number of nitro benzene ring substituents is 1. The number of carbonyl (C=O) groups is 1. The van der Waals surface area contributed by atoms with Gasteiger partial charge >= 0.3 is 0 Å². The van der Waals surface area contributed by atoms with Crippen LogP contribution in [0.15, 0.2) is 72.8 Å². The number of rotatable bonds is 8. The number of nitro groups is 1. The lowest BCUT2D eigenvalue weighted by Crippen LogP contribution is -2.15. The number of benzene rings is 3. The van der Waals surface area contributed by atoms with Gasteiger partial charge in [0.1, 0.15) is 29.7 Å². The lowest BCUT2D eigenvalue weighted by Gasteiger charge is -2.12. The Morgan fingerprint density at radius 2 is 1.66 bits per heavy atom. The molecule has 0 spiro atoms. The molecule has 29 heavy (non-hydrogen) atoms. The summed E-state index contributed by atoms with van der Waals surface area (Å²) in [5, 5.41) is 13.6. The minimum absolute atomic E-state index is 0.00449. The number of ether oxygens (including phenoxy) is 2. The standard InChI is InChI=1S/C21H17ClN2O5/c22-18-11-10-15(14-19(18)24(26)27)23-21(25)17-8-4-5-9-20(17)29-13-12-28-16-6-2-1-3-7-16/h1-11,14H,12-13H2,(H,23,25). The molecular formula is C21H17ClN2O5. The molecule has 1 amide bonds. The van der Waals surface area contributed by atoms with Crippen molar-refractivity contribution >= 4 is 28.9 Å². The van der Waals surface area contributed by atoms with Crippen molar-refractivity contribution in [3.05, 3.63) is 93.5 Å². The Bertz CT molecular complexity index is 1010. The van der Waals surface area contributed by atoms with Gasteiger partial charge in [0.05, 0.1) is 10.5 Å². The fourth-order valence-electron chi connectivity index (χ4n) is 2.54. The molecule has 0 fully saturated rings. The van der Waals surface area contributed by atoms with Gasteiger partial charge in [-0.25, -0.2) is 0 Å². The van der Waals surface area contributed by atoms with E-state index in [1.54, 1.807) is 24.3 Å². The van der Waals surface area contributed by atoms with Crippen LogP contribution in [0, 0.1) is 10.1 Å². The minimum Gasteiger partial charge on any atom is -0.490 e. The number of amides is 1. The van der Waals surface area contributed by atoms with Crippen LogP contribution < -0.4 is 14.8 Å². The summed E-state index contributed by atoms with van der Waals surface area (Å²) in [4.78, 5) is 23.0. The molecule has 0 aliphatic rings. The van der Waals surface area contributed by atoms with Gasteiger partial charge in [0, 0.05) is 11.8 Å². The first-order valence-electron chi connectivity index (χ1n) is 8.69. The Hall–Kier alpha value is -3.58. The highest BCUT2D eigenvalue weighted by Crippen LogP contribution is 2.28. The Labute approximate surface area is 172 Å². The van der Waals surface area contributed by atoms with Gasteiger partial charge in [-0.2, -0.15) is 0 Å². The van der Waals surface area contributed by atoms with Gasteiger partial charge in [-0.15, -0.1) is 0 Å². The maximum Gasteiger partial charge on any atom is 0.289 e. The SMILES string of the molecule is O=C(Nc1ccc(Cl)c([N+](=O)[O-])c1)c1ccccc1OCCOc1ccccc1. The molecule has 7 nitrogen and oxygen atoms in total. The lowest BCUT2D eigenvalue weighted by atomic mass is 10.2. The van der Waals surface area contributed by atoms with Gasteiger partial charge in [0.15, 0.2) is 0 Å². The number of nitrogens with one attached hydrogen (secondary N) is 1. The maximum absolute atomic E-state index is 12.6. The number of anilines is 1.